The summed E-state index contributed by atoms with van der Waals surface area (Å²) < 4.78 is 7.12. The van der Waals surface area contributed by atoms with Crippen molar-refractivity contribution in [1.82, 2.24) is 19.7 Å². The molecule has 1 saturated heterocycles. The van der Waals surface area contributed by atoms with Crippen LogP contribution in [0.4, 0.5) is 5.69 Å². The largest absolute Gasteiger partial charge is 0.378 e. The third-order valence-electron chi connectivity index (χ3n) is 6.88. The summed E-state index contributed by atoms with van der Waals surface area (Å²) in [6, 6.07) is 14.4. The van der Waals surface area contributed by atoms with Gasteiger partial charge in [-0.05, 0) is 36.4 Å². The number of ether oxygens (including phenoxy) is 1. The topological polar surface area (TPSA) is 97.6 Å². The van der Waals surface area contributed by atoms with Gasteiger partial charge >= 0.3 is 0 Å². The van der Waals surface area contributed by atoms with Crippen molar-refractivity contribution in [2.24, 2.45) is 7.05 Å². The van der Waals surface area contributed by atoms with Gasteiger partial charge in [-0.3, -0.25) is 24.0 Å². The van der Waals surface area contributed by atoms with Crippen LogP contribution in [0.3, 0.4) is 0 Å². The molecule has 2 aromatic heterocycles. The number of fused-ring (bicyclic) bond motifs is 2. The molecule has 9 heteroatoms. The molecule has 4 aromatic rings. The van der Waals surface area contributed by atoms with Gasteiger partial charge < -0.3 is 9.64 Å². The number of aryl methyl sites for hydroxylation is 1. The normalized spacial score (nSPS) is 16.4. The molecule has 2 aliphatic rings. The van der Waals surface area contributed by atoms with Crippen molar-refractivity contribution < 1.29 is 19.1 Å². The van der Waals surface area contributed by atoms with Crippen LogP contribution in [0.2, 0.25) is 0 Å². The van der Waals surface area contributed by atoms with Gasteiger partial charge in [-0.15, -0.1) is 0 Å². The molecule has 190 valence electrons. The van der Waals surface area contributed by atoms with Gasteiger partial charge in [0.2, 0.25) is 11.7 Å². The summed E-state index contributed by atoms with van der Waals surface area (Å²) in [4.78, 5) is 47.2. The van der Waals surface area contributed by atoms with Crippen molar-refractivity contribution in [3.63, 3.8) is 0 Å². The first-order chi connectivity index (χ1) is 18.4. The van der Waals surface area contributed by atoms with E-state index < -0.39 is 0 Å². The molecular formula is C29H25N5O4. The molecule has 0 N–H and O–H groups in total. The number of rotatable bonds is 3. The maximum atomic E-state index is 13.5. The Kier molecular flexibility index (Phi) is 5.84. The number of amides is 2. The number of hydrogen-bond acceptors (Lipinski definition) is 6. The SMILES string of the molecule is CC(=O)N1/C(=C/c2ccc3c(-c4cnn(C)c4)c(C(=O)N4CCOCC4)ccc3n2)C(=O)c2ccccc21. The molecular weight excluding hydrogens is 482 g/mol. The second kappa shape index (κ2) is 9.35. The first-order valence-corrected chi connectivity index (χ1v) is 12.4. The lowest BCUT2D eigenvalue weighted by Gasteiger charge is -2.27. The number of hydrogen-bond donors (Lipinski definition) is 0. The summed E-state index contributed by atoms with van der Waals surface area (Å²) >= 11 is 0. The second-order valence-corrected chi connectivity index (χ2v) is 9.33. The molecule has 38 heavy (non-hydrogen) atoms. The van der Waals surface area contributed by atoms with Gasteiger partial charge in [-0.1, -0.05) is 18.2 Å². The molecule has 0 atom stereocenters. The Morgan fingerprint density at radius 3 is 2.55 bits per heavy atom. The number of allylic oxidation sites excluding steroid dienone is 1. The van der Waals surface area contributed by atoms with E-state index in [0.717, 1.165) is 16.5 Å². The van der Waals surface area contributed by atoms with Crippen molar-refractivity contribution in [3.05, 3.63) is 83.4 Å². The average Bonchev–Trinajstić information content (AvgIpc) is 3.48. The monoisotopic (exact) mass is 507 g/mol. The second-order valence-electron chi connectivity index (χ2n) is 9.33. The van der Waals surface area contributed by atoms with Crippen LogP contribution in [-0.4, -0.2) is 63.6 Å². The Labute approximate surface area is 218 Å². The number of aromatic nitrogens is 3. The zero-order chi connectivity index (χ0) is 26.4. The predicted molar refractivity (Wildman–Crippen MR) is 143 cm³/mol. The highest BCUT2D eigenvalue weighted by Crippen LogP contribution is 2.36. The van der Waals surface area contributed by atoms with Crippen molar-refractivity contribution >= 4 is 40.3 Å². The molecule has 6 rings (SSSR count). The number of nitrogens with zero attached hydrogens (tertiary/aromatic N) is 5. The molecule has 9 nitrogen and oxygen atoms in total. The van der Waals surface area contributed by atoms with E-state index in [1.807, 2.05) is 25.4 Å². The van der Waals surface area contributed by atoms with E-state index in [9.17, 15) is 14.4 Å². The number of para-hydroxylation sites is 1. The quantitative estimate of drug-likeness (QED) is 0.392. The summed E-state index contributed by atoms with van der Waals surface area (Å²) in [5.41, 5.74) is 4.65. The van der Waals surface area contributed by atoms with Crippen LogP contribution in [0, 0.1) is 0 Å². The molecule has 0 aliphatic carbocycles. The summed E-state index contributed by atoms with van der Waals surface area (Å²) in [6.07, 6.45) is 5.25. The molecule has 2 aliphatic heterocycles. The number of Topliss-reactive ketones (excluding diaryl/α,β-unsaturated/α-hetero) is 1. The van der Waals surface area contributed by atoms with E-state index in [0.29, 0.717) is 54.3 Å². The highest BCUT2D eigenvalue weighted by atomic mass is 16.5. The highest BCUT2D eigenvalue weighted by molar-refractivity contribution is 6.26. The van der Waals surface area contributed by atoms with Gasteiger partial charge in [0.15, 0.2) is 0 Å². The fourth-order valence-corrected chi connectivity index (χ4v) is 5.12. The number of anilines is 1. The van der Waals surface area contributed by atoms with Crippen LogP contribution in [0.15, 0.2) is 66.6 Å². The number of pyridine rings is 1. The van der Waals surface area contributed by atoms with Gasteiger partial charge in [0.05, 0.1) is 42.0 Å². The van der Waals surface area contributed by atoms with Crippen molar-refractivity contribution in [3.8, 4) is 11.1 Å². The van der Waals surface area contributed by atoms with Gasteiger partial charge in [0.25, 0.3) is 5.91 Å². The minimum Gasteiger partial charge on any atom is -0.378 e. The standard InChI is InChI=1S/C29H25N5O4/c1-18(35)34-25-6-4-3-5-22(25)28(36)26(34)15-20-7-8-21-24(31-20)10-9-23(27(21)19-16-30-32(2)17-19)29(37)33-11-13-38-14-12-33/h3-10,15-17H,11-14H2,1-2H3/b26-15+. The number of morpholine rings is 1. The van der Waals surface area contributed by atoms with E-state index in [1.165, 1.54) is 11.8 Å². The minimum absolute atomic E-state index is 0.0633. The Morgan fingerprint density at radius 1 is 1.03 bits per heavy atom. The molecule has 2 amide bonds. The van der Waals surface area contributed by atoms with Crippen molar-refractivity contribution in [2.75, 3.05) is 31.2 Å². The van der Waals surface area contributed by atoms with Crippen LogP contribution in [0.25, 0.3) is 28.1 Å². The Morgan fingerprint density at radius 2 is 1.82 bits per heavy atom. The van der Waals surface area contributed by atoms with E-state index >= 15 is 0 Å². The summed E-state index contributed by atoms with van der Waals surface area (Å²) in [5, 5.41) is 5.11. The highest BCUT2D eigenvalue weighted by Gasteiger charge is 2.34. The van der Waals surface area contributed by atoms with E-state index in [2.05, 4.69) is 5.10 Å². The third-order valence-corrected chi connectivity index (χ3v) is 6.88. The maximum Gasteiger partial charge on any atom is 0.254 e. The summed E-state index contributed by atoms with van der Waals surface area (Å²) in [5.74, 6) is -0.535. The van der Waals surface area contributed by atoms with Crippen molar-refractivity contribution in [1.29, 1.82) is 0 Å². The predicted octanol–water partition coefficient (Wildman–Crippen LogP) is 3.70. The van der Waals surface area contributed by atoms with Crippen LogP contribution < -0.4 is 4.90 Å². The number of ketones is 1. The van der Waals surface area contributed by atoms with Gasteiger partial charge in [0.1, 0.15) is 0 Å². The molecule has 0 unspecified atom stereocenters. The molecule has 2 aromatic carbocycles. The molecule has 0 saturated carbocycles. The number of carbonyl (C=O) groups is 3. The van der Waals surface area contributed by atoms with Crippen LogP contribution in [0.5, 0.6) is 0 Å². The third kappa shape index (κ3) is 3.97. The van der Waals surface area contributed by atoms with Gasteiger partial charge in [0, 0.05) is 60.9 Å². The van der Waals surface area contributed by atoms with Crippen LogP contribution >= 0.6 is 0 Å². The molecule has 0 bridgehead atoms. The first kappa shape index (κ1) is 23.7. The van der Waals surface area contributed by atoms with E-state index in [-0.39, 0.29) is 23.3 Å². The van der Waals surface area contributed by atoms with E-state index in [4.69, 9.17) is 9.72 Å². The van der Waals surface area contributed by atoms with Crippen molar-refractivity contribution in [2.45, 2.75) is 6.92 Å². The minimum atomic E-state index is -0.250. The van der Waals surface area contributed by atoms with Gasteiger partial charge in [-0.2, -0.15) is 5.10 Å². The molecule has 4 heterocycles. The zero-order valence-corrected chi connectivity index (χ0v) is 21.0. The summed E-state index contributed by atoms with van der Waals surface area (Å²) in [6.45, 7) is 3.54. The molecule has 1 fully saturated rings. The Bertz CT molecular complexity index is 1650. The van der Waals surface area contributed by atoms with E-state index in [1.54, 1.807) is 58.3 Å². The summed E-state index contributed by atoms with van der Waals surface area (Å²) in [7, 11) is 1.83. The number of benzene rings is 2. The number of carbonyl (C=O) groups excluding carboxylic acids is 3. The maximum absolute atomic E-state index is 13.5. The van der Waals surface area contributed by atoms with Gasteiger partial charge in [-0.25, -0.2) is 4.98 Å². The fourth-order valence-electron chi connectivity index (χ4n) is 5.12. The average molecular weight is 508 g/mol. The Hall–Kier alpha value is -4.63. The lowest BCUT2D eigenvalue weighted by atomic mass is 9.95. The first-order valence-electron chi connectivity index (χ1n) is 12.4. The fraction of sp³-hybridized carbons (Fsp3) is 0.207. The van der Waals surface area contributed by atoms with Crippen LogP contribution in [-0.2, 0) is 16.6 Å². The molecule has 0 radical (unpaired) electrons. The zero-order valence-electron chi connectivity index (χ0n) is 21.0. The lowest BCUT2D eigenvalue weighted by Crippen LogP contribution is -2.40. The van der Waals surface area contributed by atoms with Crippen LogP contribution in [0.1, 0.15) is 33.3 Å². The smallest absolute Gasteiger partial charge is 0.254 e. The lowest BCUT2D eigenvalue weighted by molar-refractivity contribution is -0.116. The molecule has 0 spiro atoms. The Balaban J connectivity index is 1.46.